The number of nitrogens with one attached hydrogen (secondary N) is 1. The van der Waals surface area contributed by atoms with E-state index in [1.807, 2.05) is 13.8 Å². The van der Waals surface area contributed by atoms with Gasteiger partial charge in [0.1, 0.15) is 11.6 Å². The summed E-state index contributed by atoms with van der Waals surface area (Å²) < 4.78 is 21.4. The van der Waals surface area contributed by atoms with Crippen molar-refractivity contribution in [1.29, 1.82) is 0 Å². The van der Waals surface area contributed by atoms with Gasteiger partial charge in [0.15, 0.2) is 5.65 Å². The van der Waals surface area contributed by atoms with Gasteiger partial charge in [-0.3, -0.25) is 4.98 Å². The zero-order chi connectivity index (χ0) is 23.3. The standard InChI is InChI=1S/C25H29FN6O/c1-13-7-18(8-14(2)33-13)28-12-23-16(4)24(27)32-25(31-23)21(11-30-32)20-10-29-22-6-5-17(26)9-19(22)15(20)3/h5-6,9-11,13-14,18,28H,7-8,12,27H2,1-4H3. The fourth-order valence-corrected chi connectivity index (χ4v) is 4.89. The number of pyridine rings is 1. The summed E-state index contributed by atoms with van der Waals surface area (Å²) in [7, 11) is 0. The van der Waals surface area contributed by atoms with Crippen molar-refractivity contribution < 1.29 is 9.13 Å². The Morgan fingerprint density at radius 2 is 1.88 bits per heavy atom. The molecule has 1 aliphatic rings. The van der Waals surface area contributed by atoms with E-state index in [0.29, 0.717) is 24.1 Å². The van der Waals surface area contributed by atoms with Crippen LogP contribution in [0, 0.1) is 19.7 Å². The number of ether oxygens (including phenoxy) is 1. The van der Waals surface area contributed by atoms with E-state index in [2.05, 4.69) is 29.2 Å². The Bertz CT molecular complexity index is 1340. The summed E-state index contributed by atoms with van der Waals surface area (Å²) in [5.74, 6) is 0.279. The highest BCUT2D eigenvalue weighted by molar-refractivity contribution is 5.91. The molecule has 1 aliphatic heterocycles. The second-order valence-electron chi connectivity index (χ2n) is 9.13. The Morgan fingerprint density at radius 3 is 2.64 bits per heavy atom. The number of nitrogens with zero attached hydrogens (tertiary/aromatic N) is 4. The Kier molecular flexibility index (Phi) is 5.50. The van der Waals surface area contributed by atoms with Crippen LogP contribution in [0.4, 0.5) is 10.2 Å². The third kappa shape index (κ3) is 3.94. The van der Waals surface area contributed by atoms with Gasteiger partial charge in [-0.2, -0.15) is 9.61 Å². The second kappa shape index (κ2) is 8.35. The fraction of sp³-hybridized carbons (Fsp3) is 0.400. The Balaban J connectivity index is 1.53. The van der Waals surface area contributed by atoms with Crippen LogP contribution in [0.15, 0.2) is 30.6 Å². The molecule has 7 nitrogen and oxygen atoms in total. The first-order valence-corrected chi connectivity index (χ1v) is 11.4. The van der Waals surface area contributed by atoms with Crippen LogP contribution in [0.3, 0.4) is 0 Å². The molecule has 33 heavy (non-hydrogen) atoms. The largest absolute Gasteiger partial charge is 0.383 e. The highest BCUT2D eigenvalue weighted by Crippen LogP contribution is 2.32. The quantitative estimate of drug-likeness (QED) is 0.483. The molecule has 8 heteroatoms. The molecule has 0 bridgehead atoms. The number of rotatable bonds is 4. The predicted molar refractivity (Wildman–Crippen MR) is 127 cm³/mol. The average molecular weight is 449 g/mol. The second-order valence-corrected chi connectivity index (χ2v) is 9.13. The molecule has 0 saturated carbocycles. The molecule has 1 saturated heterocycles. The summed E-state index contributed by atoms with van der Waals surface area (Å²) in [5, 5.41) is 8.91. The topological polar surface area (TPSA) is 90.4 Å². The Labute approximate surface area is 192 Å². The van der Waals surface area contributed by atoms with E-state index in [0.717, 1.165) is 51.7 Å². The van der Waals surface area contributed by atoms with E-state index < -0.39 is 0 Å². The maximum absolute atomic E-state index is 13.9. The van der Waals surface area contributed by atoms with Gasteiger partial charge in [-0.25, -0.2) is 9.37 Å². The van der Waals surface area contributed by atoms with E-state index in [1.165, 1.54) is 12.1 Å². The average Bonchev–Trinajstić information content (AvgIpc) is 3.19. The molecule has 2 unspecified atom stereocenters. The van der Waals surface area contributed by atoms with Gasteiger partial charge in [0.05, 0.1) is 29.6 Å². The van der Waals surface area contributed by atoms with Gasteiger partial charge in [-0.1, -0.05) is 0 Å². The first kappa shape index (κ1) is 21.7. The van der Waals surface area contributed by atoms with Crippen molar-refractivity contribution in [2.45, 2.75) is 65.3 Å². The lowest BCUT2D eigenvalue weighted by atomic mass is 9.99. The lowest BCUT2D eigenvalue weighted by Crippen LogP contribution is -2.41. The van der Waals surface area contributed by atoms with Crippen LogP contribution in [0.1, 0.15) is 43.5 Å². The van der Waals surface area contributed by atoms with Gasteiger partial charge in [0, 0.05) is 40.9 Å². The van der Waals surface area contributed by atoms with E-state index in [1.54, 1.807) is 23.0 Å². The van der Waals surface area contributed by atoms with Crippen LogP contribution in [0.5, 0.6) is 0 Å². The molecule has 1 aromatic carbocycles. The highest BCUT2D eigenvalue weighted by Gasteiger charge is 2.25. The number of benzene rings is 1. The number of nitrogens with two attached hydrogens (primary N) is 1. The zero-order valence-corrected chi connectivity index (χ0v) is 19.4. The number of hydrogen-bond donors (Lipinski definition) is 2. The Morgan fingerprint density at radius 1 is 1.12 bits per heavy atom. The van der Waals surface area contributed by atoms with Gasteiger partial charge in [0.2, 0.25) is 0 Å². The molecule has 0 aliphatic carbocycles. The van der Waals surface area contributed by atoms with E-state index in [-0.39, 0.29) is 18.0 Å². The number of anilines is 1. The third-order valence-corrected chi connectivity index (χ3v) is 6.68. The number of hydrogen-bond acceptors (Lipinski definition) is 6. The van der Waals surface area contributed by atoms with Crippen LogP contribution in [0.25, 0.3) is 27.7 Å². The van der Waals surface area contributed by atoms with Crippen LogP contribution in [-0.2, 0) is 11.3 Å². The number of aryl methyl sites for hydroxylation is 1. The molecule has 4 heterocycles. The van der Waals surface area contributed by atoms with Gasteiger partial charge in [-0.05, 0) is 64.3 Å². The van der Waals surface area contributed by atoms with Gasteiger partial charge >= 0.3 is 0 Å². The predicted octanol–water partition coefficient (Wildman–Crippen LogP) is 4.33. The van der Waals surface area contributed by atoms with Crippen molar-refractivity contribution in [3.63, 3.8) is 0 Å². The maximum Gasteiger partial charge on any atom is 0.165 e. The normalized spacial score (nSPS) is 21.2. The van der Waals surface area contributed by atoms with E-state index in [4.69, 9.17) is 15.5 Å². The molecular formula is C25H29FN6O. The zero-order valence-electron chi connectivity index (χ0n) is 19.4. The van der Waals surface area contributed by atoms with Crippen molar-refractivity contribution in [2.75, 3.05) is 5.73 Å². The molecular weight excluding hydrogens is 419 g/mol. The lowest BCUT2D eigenvalue weighted by Gasteiger charge is -2.32. The van der Waals surface area contributed by atoms with Crippen molar-refractivity contribution in [3.8, 4) is 11.1 Å². The molecule has 1 fully saturated rings. The summed E-state index contributed by atoms with van der Waals surface area (Å²) in [4.78, 5) is 9.49. The van der Waals surface area contributed by atoms with Crippen LogP contribution in [0.2, 0.25) is 0 Å². The molecule has 172 valence electrons. The van der Waals surface area contributed by atoms with Gasteiger partial charge < -0.3 is 15.8 Å². The van der Waals surface area contributed by atoms with Crippen LogP contribution < -0.4 is 11.1 Å². The summed E-state index contributed by atoms with van der Waals surface area (Å²) in [6.45, 7) is 8.78. The molecule has 4 aromatic rings. The first-order chi connectivity index (χ1) is 15.8. The minimum absolute atomic E-state index is 0.238. The van der Waals surface area contributed by atoms with E-state index >= 15 is 0 Å². The summed E-state index contributed by atoms with van der Waals surface area (Å²) in [6.07, 6.45) is 5.97. The van der Waals surface area contributed by atoms with E-state index in [9.17, 15) is 4.39 Å². The highest BCUT2D eigenvalue weighted by atomic mass is 19.1. The molecule has 0 amide bonds. The van der Waals surface area contributed by atoms with Crippen LogP contribution in [-0.4, -0.2) is 37.8 Å². The fourth-order valence-electron chi connectivity index (χ4n) is 4.89. The molecule has 0 radical (unpaired) electrons. The molecule has 0 spiro atoms. The number of aromatic nitrogens is 4. The molecule has 3 N–H and O–H groups in total. The van der Waals surface area contributed by atoms with Crippen molar-refractivity contribution in [3.05, 3.63) is 53.2 Å². The monoisotopic (exact) mass is 448 g/mol. The van der Waals surface area contributed by atoms with Gasteiger partial charge in [-0.15, -0.1) is 0 Å². The Hall–Kier alpha value is -3.10. The summed E-state index contributed by atoms with van der Waals surface area (Å²) in [5.41, 5.74) is 12.3. The van der Waals surface area contributed by atoms with Crippen LogP contribution >= 0.6 is 0 Å². The first-order valence-electron chi connectivity index (χ1n) is 11.4. The van der Waals surface area contributed by atoms with Crippen molar-refractivity contribution in [2.24, 2.45) is 0 Å². The third-order valence-electron chi connectivity index (χ3n) is 6.68. The number of halogens is 1. The van der Waals surface area contributed by atoms with Gasteiger partial charge in [0.25, 0.3) is 0 Å². The maximum atomic E-state index is 13.9. The minimum atomic E-state index is -0.285. The summed E-state index contributed by atoms with van der Waals surface area (Å²) in [6, 6.07) is 5.00. The molecule has 3 aromatic heterocycles. The number of fused-ring (bicyclic) bond motifs is 2. The molecule has 5 rings (SSSR count). The molecule has 2 atom stereocenters. The van der Waals surface area contributed by atoms with Crippen molar-refractivity contribution in [1.82, 2.24) is 24.9 Å². The lowest BCUT2D eigenvalue weighted by molar-refractivity contribution is -0.0423. The smallest absolute Gasteiger partial charge is 0.165 e. The van der Waals surface area contributed by atoms with Crippen molar-refractivity contribution >= 4 is 22.4 Å². The SMILES string of the molecule is Cc1c(CNC2CC(C)OC(C)C2)nc2c(-c3cnc4ccc(F)cc4c3C)cnn2c1N. The number of nitrogen functional groups attached to an aromatic ring is 1. The minimum Gasteiger partial charge on any atom is -0.383 e. The summed E-state index contributed by atoms with van der Waals surface area (Å²) >= 11 is 0.